The number of hydrogen-bond acceptors (Lipinski definition) is 2. The van der Waals surface area contributed by atoms with E-state index in [0.29, 0.717) is 5.56 Å². The number of rotatable bonds is 1. The highest BCUT2D eigenvalue weighted by atomic mass is 35.5. The van der Waals surface area contributed by atoms with Crippen molar-refractivity contribution in [1.29, 1.82) is 5.26 Å². The van der Waals surface area contributed by atoms with Gasteiger partial charge in [0.05, 0.1) is 23.2 Å². The third-order valence-electron chi connectivity index (χ3n) is 1.40. The van der Waals surface area contributed by atoms with Gasteiger partial charge in [0.1, 0.15) is 5.82 Å². The smallest absolute Gasteiger partial charge is 0.144 e. The van der Waals surface area contributed by atoms with Gasteiger partial charge in [-0.05, 0) is 17.7 Å². The SMILES string of the molecule is N#CCc1cc(N)c(Cl)c(F)c1. The van der Waals surface area contributed by atoms with Gasteiger partial charge in [-0.2, -0.15) is 5.26 Å². The fraction of sp³-hybridized carbons (Fsp3) is 0.125. The Labute approximate surface area is 74.4 Å². The van der Waals surface area contributed by atoms with Gasteiger partial charge in [-0.1, -0.05) is 11.6 Å². The second kappa shape index (κ2) is 3.42. The van der Waals surface area contributed by atoms with Crippen LogP contribution in [0.3, 0.4) is 0 Å². The van der Waals surface area contributed by atoms with E-state index < -0.39 is 5.82 Å². The number of benzene rings is 1. The minimum atomic E-state index is -0.582. The molecule has 0 bridgehead atoms. The van der Waals surface area contributed by atoms with Crippen LogP contribution in [-0.2, 0) is 6.42 Å². The van der Waals surface area contributed by atoms with Crippen molar-refractivity contribution in [3.63, 3.8) is 0 Å². The first-order valence-electron chi connectivity index (χ1n) is 3.25. The Bertz CT molecular complexity index is 320. The minimum Gasteiger partial charge on any atom is -0.397 e. The summed E-state index contributed by atoms with van der Waals surface area (Å²) in [6.45, 7) is 0. The fourth-order valence-electron chi connectivity index (χ4n) is 0.862. The molecular formula is C8H6ClFN2. The van der Waals surface area contributed by atoms with Crippen LogP contribution in [0.25, 0.3) is 0 Å². The van der Waals surface area contributed by atoms with E-state index in [0.717, 1.165) is 0 Å². The third-order valence-corrected chi connectivity index (χ3v) is 1.80. The number of hydrogen-bond donors (Lipinski definition) is 1. The highest BCUT2D eigenvalue weighted by molar-refractivity contribution is 6.33. The molecule has 0 saturated carbocycles. The lowest BCUT2D eigenvalue weighted by atomic mass is 10.1. The van der Waals surface area contributed by atoms with Gasteiger partial charge < -0.3 is 5.73 Å². The second-order valence-corrected chi connectivity index (χ2v) is 2.69. The predicted molar refractivity (Wildman–Crippen MR) is 45.1 cm³/mol. The van der Waals surface area contributed by atoms with Crippen molar-refractivity contribution in [3.8, 4) is 6.07 Å². The molecule has 2 N–H and O–H groups in total. The molecule has 0 aliphatic rings. The Morgan fingerprint density at radius 1 is 1.58 bits per heavy atom. The number of nitrogen functional groups attached to an aromatic ring is 1. The van der Waals surface area contributed by atoms with Gasteiger partial charge in [0.15, 0.2) is 0 Å². The van der Waals surface area contributed by atoms with Crippen molar-refractivity contribution in [2.75, 3.05) is 5.73 Å². The zero-order valence-corrected chi connectivity index (χ0v) is 6.90. The van der Waals surface area contributed by atoms with Crippen molar-refractivity contribution in [3.05, 3.63) is 28.5 Å². The van der Waals surface area contributed by atoms with Crippen LogP contribution >= 0.6 is 11.6 Å². The summed E-state index contributed by atoms with van der Waals surface area (Å²) in [5, 5.41) is 8.24. The van der Waals surface area contributed by atoms with Crippen molar-refractivity contribution in [2.45, 2.75) is 6.42 Å². The van der Waals surface area contributed by atoms with Crippen molar-refractivity contribution >= 4 is 17.3 Å². The summed E-state index contributed by atoms with van der Waals surface area (Å²) in [6.07, 6.45) is 0.137. The van der Waals surface area contributed by atoms with Crippen molar-refractivity contribution < 1.29 is 4.39 Å². The van der Waals surface area contributed by atoms with Crippen LogP contribution in [0.4, 0.5) is 10.1 Å². The number of nitriles is 1. The van der Waals surface area contributed by atoms with Gasteiger partial charge >= 0.3 is 0 Å². The van der Waals surface area contributed by atoms with Gasteiger partial charge in [0.25, 0.3) is 0 Å². The van der Waals surface area contributed by atoms with Crippen molar-refractivity contribution in [2.24, 2.45) is 0 Å². The highest BCUT2D eigenvalue weighted by Crippen LogP contribution is 2.23. The number of anilines is 1. The molecule has 0 atom stereocenters. The summed E-state index contributed by atoms with van der Waals surface area (Å²) in [7, 11) is 0. The maximum atomic E-state index is 12.8. The first-order valence-corrected chi connectivity index (χ1v) is 3.63. The van der Waals surface area contributed by atoms with Crippen LogP contribution in [0, 0.1) is 17.1 Å². The van der Waals surface area contributed by atoms with E-state index in [-0.39, 0.29) is 17.1 Å². The lowest BCUT2D eigenvalue weighted by molar-refractivity contribution is 0.627. The normalized spacial score (nSPS) is 9.42. The molecular weight excluding hydrogens is 179 g/mol. The van der Waals surface area contributed by atoms with E-state index in [2.05, 4.69) is 0 Å². The van der Waals surface area contributed by atoms with Gasteiger partial charge in [-0.25, -0.2) is 4.39 Å². The zero-order chi connectivity index (χ0) is 9.14. The Kier molecular flexibility index (Phi) is 2.51. The first kappa shape index (κ1) is 8.82. The molecule has 0 radical (unpaired) electrons. The van der Waals surface area contributed by atoms with E-state index in [1.165, 1.54) is 12.1 Å². The number of nitrogens with two attached hydrogens (primary N) is 1. The molecule has 0 spiro atoms. The Morgan fingerprint density at radius 3 is 2.75 bits per heavy atom. The van der Waals surface area contributed by atoms with Crippen LogP contribution < -0.4 is 5.73 Å². The molecule has 1 rings (SSSR count). The first-order chi connectivity index (χ1) is 5.65. The molecule has 1 aromatic carbocycles. The van der Waals surface area contributed by atoms with Gasteiger partial charge in [0.2, 0.25) is 0 Å². The summed E-state index contributed by atoms with van der Waals surface area (Å²) in [4.78, 5) is 0. The van der Waals surface area contributed by atoms with Crippen LogP contribution in [0.15, 0.2) is 12.1 Å². The molecule has 0 saturated heterocycles. The van der Waals surface area contributed by atoms with Gasteiger partial charge in [-0.3, -0.25) is 0 Å². The average Bonchev–Trinajstić information content (AvgIpc) is 2.01. The molecule has 0 unspecified atom stereocenters. The van der Waals surface area contributed by atoms with Gasteiger partial charge in [0, 0.05) is 0 Å². The van der Waals surface area contributed by atoms with Gasteiger partial charge in [-0.15, -0.1) is 0 Å². The minimum absolute atomic E-state index is 0.0864. The molecule has 0 aromatic heterocycles. The summed E-state index contributed by atoms with van der Waals surface area (Å²) >= 11 is 5.47. The average molecular weight is 185 g/mol. The molecule has 0 fully saturated rings. The summed E-state index contributed by atoms with van der Waals surface area (Å²) < 4.78 is 12.8. The molecule has 0 heterocycles. The zero-order valence-electron chi connectivity index (χ0n) is 6.14. The van der Waals surface area contributed by atoms with Crippen molar-refractivity contribution in [1.82, 2.24) is 0 Å². The quantitative estimate of drug-likeness (QED) is 0.680. The molecule has 0 aliphatic heterocycles. The lowest BCUT2D eigenvalue weighted by Crippen LogP contribution is -1.93. The van der Waals surface area contributed by atoms with E-state index >= 15 is 0 Å². The molecule has 0 amide bonds. The lowest BCUT2D eigenvalue weighted by Gasteiger charge is -2.01. The maximum absolute atomic E-state index is 12.8. The molecule has 0 aliphatic carbocycles. The van der Waals surface area contributed by atoms with E-state index in [1.54, 1.807) is 0 Å². The van der Waals surface area contributed by atoms with E-state index in [4.69, 9.17) is 22.6 Å². The van der Waals surface area contributed by atoms with E-state index in [9.17, 15) is 4.39 Å². The van der Waals surface area contributed by atoms with Crippen LogP contribution in [0.5, 0.6) is 0 Å². The van der Waals surface area contributed by atoms with Crippen LogP contribution in [-0.4, -0.2) is 0 Å². The topological polar surface area (TPSA) is 49.8 Å². The fourth-order valence-corrected chi connectivity index (χ4v) is 0.971. The maximum Gasteiger partial charge on any atom is 0.144 e. The van der Waals surface area contributed by atoms with E-state index in [1.807, 2.05) is 6.07 Å². The number of nitrogens with zero attached hydrogens (tertiary/aromatic N) is 1. The number of halogens is 2. The second-order valence-electron chi connectivity index (χ2n) is 2.32. The van der Waals surface area contributed by atoms with Crippen LogP contribution in [0.1, 0.15) is 5.56 Å². The highest BCUT2D eigenvalue weighted by Gasteiger charge is 2.05. The third kappa shape index (κ3) is 1.66. The predicted octanol–water partition coefficient (Wildman–Crippen LogP) is 2.13. The molecule has 12 heavy (non-hydrogen) atoms. The monoisotopic (exact) mass is 184 g/mol. The largest absolute Gasteiger partial charge is 0.397 e. The Balaban J connectivity index is 3.14. The molecule has 62 valence electrons. The standard InChI is InChI=1S/C8H6ClFN2/c9-8-6(10)3-5(1-2-11)4-7(8)12/h3-4H,1,12H2. The molecule has 2 nitrogen and oxygen atoms in total. The molecule has 4 heteroatoms. The van der Waals surface area contributed by atoms with Crippen LogP contribution in [0.2, 0.25) is 5.02 Å². The Hall–Kier alpha value is -1.27. The molecule has 1 aromatic rings. The Morgan fingerprint density at radius 2 is 2.25 bits per heavy atom. The summed E-state index contributed by atoms with van der Waals surface area (Å²) in [6, 6.07) is 4.60. The summed E-state index contributed by atoms with van der Waals surface area (Å²) in [5.41, 5.74) is 6.08. The summed E-state index contributed by atoms with van der Waals surface area (Å²) in [5.74, 6) is -0.582.